The molecule has 0 atom stereocenters. The average Bonchev–Trinajstić information content (AvgIpc) is 2.71. The minimum atomic E-state index is -0.0668. The van der Waals surface area contributed by atoms with Gasteiger partial charge in [0, 0.05) is 34.1 Å². The van der Waals surface area contributed by atoms with Crippen LogP contribution in [0.4, 0.5) is 0 Å². The summed E-state index contributed by atoms with van der Waals surface area (Å²) in [6.07, 6.45) is 6.31. The Morgan fingerprint density at radius 2 is 1.64 bits per heavy atom. The summed E-state index contributed by atoms with van der Waals surface area (Å²) in [5, 5.41) is 3.66. The second-order valence-electron chi connectivity index (χ2n) is 6.36. The fraction of sp³-hybridized carbons (Fsp3) is 0.150. The monoisotopic (exact) mass is 286 g/mol. The van der Waals surface area contributed by atoms with Crippen molar-refractivity contribution >= 4 is 29.4 Å². The summed E-state index contributed by atoms with van der Waals surface area (Å²) >= 11 is 0. The second kappa shape index (κ2) is 4.70. The summed E-state index contributed by atoms with van der Waals surface area (Å²) in [5.41, 5.74) is 2.34. The summed E-state index contributed by atoms with van der Waals surface area (Å²) in [5.74, 6) is 0. The zero-order valence-corrected chi connectivity index (χ0v) is 12.8. The first-order valence-corrected chi connectivity index (χ1v) is 7.58. The van der Waals surface area contributed by atoms with Crippen LogP contribution < -0.4 is 10.6 Å². The van der Waals surface area contributed by atoms with E-state index in [1.807, 2.05) is 12.4 Å². The van der Waals surface area contributed by atoms with Gasteiger partial charge in [-0.3, -0.25) is 4.99 Å². The topological polar surface area (TPSA) is 17.3 Å². The maximum absolute atomic E-state index is 4.53. The lowest BCUT2D eigenvalue weighted by atomic mass is 9.95. The Labute approximate surface area is 129 Å². The third kappa shape index (κ3) is 2.00. The van der Waals surface area contributed by atoms with Gasteiger partial charge in [-0.1, -0.05) is 50.2 Å². The number of nitrogens with zero attached hydrogens (tertiary/aromatic N) is 2. The molecule has 0 saturated heterocycles. The number of aliphatic imine (C=N–C) groups is 1. The predicted octanol–water partition coefficient (Wildman–Crippen LogP) is 3.26. The molecule has 2 aromatic carbocycles. The first-order valence-electron chi connectivity index (χ1n) is 7.58. The zero-order chi connectivity index (χ0) is 15.2. The van der Waals surface area contributed by atoms with E-state index in [1.54, 1.807) is 0 Å². The van der Waals surface area contributed by atoms with E-state index in [9.17, 15) is 0 Å². The molecule has 22 heavy (non-hydrogen) atoms. The lowest BCUT2D eigenvalue weighted by Gasteiger charge is -2.13. The van der Waals surface area contributed by atoms with E-state index in [0.717, 1.165) is 0 Å². The van der Waals surface area contributed by atoms with Crippen molar-refractivity contribution in [1.82, 2.24) is 4.57 Å². The van der Waals surface area contributed by atoms with Crippen molar-refractivity contribution in [2.24, 2.45) is 10.4 Å². The van der Waals surface area contributed by atoms with Crippen LogP contribution in [0, 0.1) is 5.41 Å². The molecule has 1 aliphatic heterocycles. The molecule has 0 N–H and O–H groups in total. The normalized spacial score (nSPS) is 15.7. The van der Waals surface area contributed by atoms with E-state index in [2.05, 4.69) is 84.1 Å². The number of rotatable bonds is 1. The predicted molar refractivity (Wildman–Crippen MR) is 93.7 cm³/mol. The summed E-state index contributed by atoms with van der Waals surface area (Å²) in [4.78, 5) is 4.53. The molecule has 0 amide bonds. The zero-order valence-electron chi connectivity index (χ0n) is 12.8. The molecule has 0 fully saturated rings. The van der Waals surface area contributed by atoms with Crippen molar-refractivity contribution in [2.45, 2.75) is 13.8 Å². The van der Waals surface area contributed by atoms with Gasteiger partial charge in [-0.25, -0.2) is 0 Å². The van der Waals surface area contributed by atoms with Crippen LogP contribution in [0.1, 0.15) is 13.8 Å². The van der Waals surface area contributed by atoms with Crippen molar-refractivity contribution < 1.29 is 0 Å². The molecule has 2 heteroatoms. The van der Waals surface area contributed by atoms with Crippen LogP contribution in [0.25, 0.3) is 28.9 Å². The van der Waals surface area contributed by atoms with E-state index in [1.165, 1.54) is 27.2 Å². The molecule has 2 nitrogen and oxygen atoms in total. The SMILES string of the molecule is CC1(C)C=NC=c2c(n(-c3ccccc3)c3ccccc23)=C1. The Hall–Kier alpha value is -2.61. The van der Waals surface area contributed by atoms with E-state index < -0.39 is 0 Å². The molecule has 0 bridgehead atoms. The molecule has 1 aliphatic rings. The van der Waals surface area contributed by atoms with Crippen LogP contribution in [0.3, 0.4) is 0 Å². The van der Waals surface area contributed by atoms with Gasteiger partial charge >= 0.3 is 0 Å². The third-order valence-corrected chi connectivity index (χ3v) is 4.09. The third-order valence-electron chi connectivity index (χ3n) is 4.09. The van der Waals surface area contributed by atoms with Crippen LogP contribution >= 0.6 is 0 Å². The Balaban J connectivity index is 2.24. The molecule has 0 spiro atoms. The Morgan fingerprint density at radius 1 is 0.909 bits per heavy atom. The van der Waals surface area contributed by atoms with Gasteiger partial charge in [0.05, 0.1) is 10.9 Å². The fourth-order valence-corrected chi connectivity index (χ4v) is 3.11. The van der Waals surface area contributed by atoms with Crippen molar-refractivity contribution in [3.05, 3.63) is 65.2 Å². The van der Waals surface area contributed by atoms with Crippen LogP contribution in [-0.2, 0) is 0 Å². The van der Waals surface area contributed by atoms with E-state index in [4.69, 9.17) is 0 Å². The largest absolute Gasteiger partial charge is 0.309 e. The van der Waals surface area contributed by atoms with Gasteiger partial charge in [0.1, 0.15) is 0 Å². The second-order valence-corrected chi connectivity index (χ2v) is 6.36. The van der Waals surface area contributed by atoms with Crippen molar-refractivity contribution in [2.75, 3.05) is 0 Å². The smallest absolute Gasteiger partial charge is 0.0541 e. The molecule has 2 heterocycles. The van der Waals surface area contributed by atoms with Gasteiger partial charge in [-0.05, 0) is 24.3 Å². The van der Waals surface area contributed by atoms with Gasteiger partial charge in [0.25, 0.3) is 0 Å². The van der Waals surface area contributed by atoms with Gasteiger partial charge < -0.3 is 4.57 Å². The van der Waals surface area contributed by atoms with E-state index in [0.29, 0.717) is 0 Å². The van der Waals surface area contributed by atoms with Crippen LogP contribution in [0.15, 0.2) is 59.6 Å². The Morgan fingerprint density at radius 3 is 2.45 bits per heavy atom. The van der Waals surface area contributed by atoms with Crippen molar-refractivity contribution in [1.29, 1.82) is 0 Å². The standard InChI is InChI=1S/C20H18N2/c1-20(2)12-19-17(13-21-14-20)16-10-6-7-11-18(16)22(19)15-8-4-3-5-9-15/h3-14H,1-2H3. The van der Waals surface area contributed by atoms with Gasteiger partial charge in [0.15, 0.2) is 0 Å². The van der Waals surface area contributed by atoms with Crippen molar-refractivity contribution in [3.63, 3.8) is 0 Å². The molecule has 1 aromatic heterocycles. The van der Waals surface area contributed by atoms with E-state index >= 15 is 0 Å². The highest BCUT2D eigenvalue weighted by Gasteiger charge is 2.16. The average molecular weight is 286 g/mol. The Kier molecular flexibility index (Phi) is 2.80. The van der Waals surface area contributed by atoms with Crippen molar-refractivity contribution in [3.8, 4) is 5.69 Å². The maximum Gasteiger partial charge on any atom is 0.0541 e. The molecule has 108 valence electrons. The molecule has 0 unspecified atom stereocenters. The van der Waals surface area contributed by atoms with Crippen LogP contribution in [0.2, 0.25) is 0 Å². The molecular formula is C20H18N2. The molecule has 0 aliphatic carbocycles. The molecule has 3 aromatic rings. The highest BCUT2D eigenvalue weighted by molar-refractivity contribution is 5.86. The Bertz CT molecular complexity index is 989. The number of aromatic nitrogens is 1. The fourth-order valence-electron chi connectivity index (χ4n) is 3.11. The van der Waals surface area contributed by atoms with Crippen LogP contribution in [0.5, 0.6) is 0 Å². The molecule has 4 rings (SSSR count). The quantitative estimate of drug-likeness (QED) is 0.653. The maximum atomic E-state index is 4.53. The minimum absolute atomic E-state index is 0.0668. The van der Waals surface area contributed by atoms with Gasteiger partial charge in [-0.15, -0.1) is 0 Å². The highest BCUT2D eigenvalue weighted by atomic mass is 15.0. The van der Waals surface area contributed by atoms with Crippen LogP contribution in [-0.4, -0.2) is 10.8 Å². The number of fused-ring (bicyclic) bond motifs is 3. The summed E-state index contributed by atoms with van der Waals surface area (Å²) in [7, 11) is 0. The molecule has 0 radical (unpaired) electrons. The number of hydrogen-bond donors (Lipinski definition) is 0. The van der Waals surface area contributed by atoms with Gasteiger partial charge in [0.2, 0.25) is 0 Å². The summed E-state index contributed by atoms with van der Waals surface area (Å²) in [6, 6.07) is 19.1. The van der Waals surface area contributed by atoms with E-state index in [-0.39, 0.29) is 5.41 Å². The molecular weight excluding hydrogens is 268 g/mol. The summed E-state index contributed by atoms with van der Waals surface area (Å²) in [6.45, 7) is 4.37. The first-order chi connectivity index (χ1) is 10.7. The lowest BCUT2D eigenvalue weighted by Crippen LogP contribution is -2.30. The molecule has 0 saturated carbocycles. The van der Waals surface area contributed by atoms with Gasteiger partial charge in [-0.2, -0.15) is 0 Å². The summed E-state index contributed by atoms with van der Waals surface area (Å²) < 4.78 is 2.33. The number of para-hydroxylation sites is 2. The minimum Gasteiger partial charge on any atom is -0.309 e. The number of hydrogen-bond acceptors (Lipinski definition) is 1. The first kappa shape index (κ1) is 13.1. The number of benzene rings is 2. The highest BCUT2D eigenvalue weighted by Crippen LogP contribution is 2.19. The lowest BCUT2D eigenvalue weighted by molar-refractivity contribution is 0.737.